The zero-order valence-corrected chi connectivity index (χ0v) is 17.1. The Bertz CT molecular complexity index is 986. The van der Waals surface area contributed by atoms with Crippen LogP contribution in [0.25, 0.3) is 0 Å². The minimum Gasteiger partial charge on any atom is -0.366 e. The topological polar surface area (TPSA) is 113 Å². The first-order chi connectivity index (χ1) is 13.8. The molecule has 1 fully saturated rings. The van der Waals surface area contributed by atoms with Crippen molar-refractivity contribution in [2.45, 2.75) is 4.90 Å². The van der Waals surface area contributed by atoms with Gasteiger partial charge in [0, 0.05) is 42.5 Å². The summed E-state index contributed by atoms with van der Waals surface area (Å²) in [7, 11) is -3.58. The molecular weight excluding hydrogens is 416 g/mol. The summed E-state index contributed by atoms with van der Waals surface area (Å²) in [4.78, 5) is 25.4. The van der Waals surface area contributed by atoms with Gasteiger partial charge in [-0.25, -0.2) is 8.42 Å². The molecule has 0 saturated carbocycles. The number of amides is 2. The summed E-state index contributed by atoms with van der Waals surface area (Å²) in [6.07, 6.45) is 0. The number of halogens is 1. The zero-order valence-electron chi connectivity index (χ0n) is 15.5. The molecule has 1 aliphatic heterocycles. The van der Waals surface area contributed by atoms with E-state index in [1.54, 1.807) is 36.4 Å². The molecule has 0 spiro atoms. The molecular formula is C19H21ClN4O4S. The van der Waals surface area contributed by atoms with E-state index in [1.165, 1.54) is 16.4 Å². The number of hydrogen-bond donors (Lipinski definition) is 2. The Hall–Kier alpha value is -2.46. The van der Waals surface area contributed by atoms with Gasteiger partial charge >= 0.3 is 0 Å². The number of nitrogens with two attached hydrogens (primary N) is 1. The predicted molar refractivity (Wildman–Crippen MR) is 110 cm³/mol. The van der Waals surface area contributed by atoms with Crippen molar-refractivity contribution < 1.29 is 18.0 Å². The average molecular weight is 437 g/mol. The molecule has 154 valence electrons. The minimum atomic E-state index is -3.58. The number of hydrogen-bond acceptors (Lipinski definition) is 5. The molecule has 2 aromatic carbocycles. The summed E-state index contributed by atoms with van der Waals surface area (Å²) in [5.74, 6) is -0.750. The van der Waals surface area contributed by atoms with Gasteiger partial charge in [-0.2, -0.15) is 4.31 Å². The normalized spacial score (nSPS) is 15.8. The Balaban J connectivity index is 1.52. The van der Waals surface area contributed by atoms with Crippen molar-refractivity contribution in [1.29, 1.82) is 0 Å². The van der Waals surface area contributed by atoms with Gasteiger partial charge in [0.1, 0.15) is 0 Å². The predicted octanol–water partition coefficient (Wildman–Crippen LogP) is 1.38. The van der Waals surface area contributed by atoms with Crippen molar-refractivity contribution >= 4 is 39.1 Å². The second-order valence-electron chi connectivity index (χ2n) is 6.62. The number of piperazine rings is 1. The summed E-state index contributed by atoms with van der Waals surface area (Å²) < 4.78 is 26.8. The van der Waals surface area contributed by atoms with E-state index in [9.17, 15) is 18.0 Å². The number of carbonyl (C=O) groups is 2. The highest BCUT2D eigenvalue weighted by Crippen LogP contribution is 2.20. The maximum absolute atomic E-state index is 12.7. The molecule has 1 saturated heterocycles. The molecule has 0 unspecified atom stereocenters. The second kappa shape index (κ2) is 8.91. The van der Waals surface area contributed by atoms with E-state index in [2.05, 4.69) is 5.32 Å². The first kappa shape index (κ1) is 21.3. The fraction of sp³-hybridized carbons (Fsp3) is 0.263. The Kier molecular flexibility index (Phi) is 6.53. The van der Waals surface area contributed by atoms with Crippen LogP contribution < -0.4 is 11.1 Å². The number of carbonyl (C=O) groups excluding carboxylic acids is 2. The SMILES string of the molecule is NC(=O)c1ccc(NC(=O)CN2CCN(S(=O)(=O)c3ccc(Cl)cc3)CC2)cc1. The van der Waals surface area contributed by atoms with Crippen LogP contribution in [0.1, 0.15) is 10.4 Å². The summed E-state index contributed by atoms with van der Waals surface area (Å²) in [6, 6.07) is 12.4. The Morgan fingerprint density at radius 1 is 0.966 bits per heavy atom. The van der Waals surface area contributed by atoms with Crippen LogP contribution in [-0.4, -0.2) is 62.2 Å². The lowest BCUT2D eigenvalue weighted by atomic mass is 10.2. The van der Waals surface area contributed by atoms with Gasteiger partial charge in [-0.15, -0.1) is 0 Å². The van der Waals surface area contributed by atoms with Crippen LogP contribution in [0, 0.1) is 0 Å². The van der Waals surface area contributed by atoms with Gasteiger partial charge in [-0.1, -0.05) is 11.6 Å². The van der Waals surface area contributed by atoms with Gasteiger partial charge < -0.3 is 11.1 Å². The van der Waals surface area contributed by atoms with Gasteiger partial charge in [0.25, 0.3) is 0 Å². The van der Waals surface area contributed by atoms with E-state index >= 15 is 0 Å². The smallest absolute Gasteiger partial charge is 0.248 e. The molecule has 0 bridgehead atoms. The van der Waals surface area contributed by atoms with Gasteiger partial charge in [-0.3, -0.25) is 14.5 Å². The first-order valence-electron chi connectivity index (χ1n) is 8.93. The number of nitrogens with one attached hydrogen (secondary N) is 1. The molecule has 8 nitrogen and oxygen atoms in total. The standard InChI is InChI=1S/C19H21ClN4O4S/c20-15-3-7-17(8-4-15)29(27,28)24-11-9-23(10-12-24)13-18(25)22-16-5-1-14(2-6-16)19(21)26/h1-8H,9-13H2,(H2,21,26)(H,22,25). The van der Waals surface area contributed by atoms with Crippen molar-refractivity contribution in [3.8, 4) is 0 Å². The average Bonchev–Trinajstić information content (AvgIpc) is 2.69. The highest BCUT2D eigenvalue weighted by molar-refractivity contribution is 7.89. The maximum Gasteiger partial charge on any atom is 0.248 e. The molecule has 29 heavy (non-hydrogen) atoms. The van der Waals surface area contributed by atoms with E-state index in [-0.39, 0.29) is 17.3 Å². The molecule has 2 amide bonds. The summed E-state index contributed by atoms with van der Waals surface area (Å²) in [5.41, 5.74) is 6.11. The highest BCUT2D eigenvalue weighted by atomic mass is 35.5. The van der Waals surface area contributed by atoms with E-state index in [0.29, 0.717) is 42.5 Å². The molecule has 0 radical (unpaired) electrons. The Morgan fingerprint density at radius 2 is 1.55 bits per heavy atom. The van der Waals surface area contributed by atoms with E-state index in [1.807, 2.05) is 4.90 Å². The quantitative estimate of drug-likeness (QED) is 0.710. The fourth-order valence-corrected chi connectivity index (χ4v) is 4.55. The first-order valence-corrected chi connectivity index (χ1v) is 10.8. The number of anilines is 1. The van der Waals surface area contributed by atoms with Crippen LogP contribution in [0.4, 0.5) is 5.69 Å². The second-order valence-corrected chi connectivity index (χ2v) is 9.00. The van der Waals surface area contributed by atoms with Crippen molar-refractivity contribution in [1.82, 2.24) is 9.21 Å². The maximum atomic E-state index is 12.7. The Labute approximate surface area is 174 Å². The Morgan fingerprint density at radius 3 is 2.10 bits per heavy atom. The third-order valence-electron chi connectivity index (χ3n) is 4.60. The molecule has 0 aromatic heterocycles. The molecule has 0 atom stereocenters. The van der Waals surface area contributed by atoms with Gasteiger partial charge in [0.15, 0.2) is 0 Å². The molecule has 3 N–H and O–H groups in total. The zero-order chi connectivity index (χ0) is 21.0. The van der Waals surface area contributed by atoms with E-state index < -0.39 is 15.9 Å². The third kappa shape index (κ3) is 5.33. The van der Waals surface area contributed by atoms with Crippen LogP contribution in [0.15, 0.2) is 53.4 Å². The number of sulfonamides is 1. The van der Waals surface area contributed by atoms with Crippen molar-refractivity contribution in [2.75, 3.05) is 38.0 Å². The molecule has 1 aliphatic rings. The monoisotopic (exact) mass is 436 g/mol. The van der Waals surface area contributed by atoms with Gasteiger partial charge in [0.05, 0.1) is 11.4 Å². The lowest BCUT2D eigenvalue weighted by Gasteiger charge is -2.33. The number of nitrogens with zero attached hydrogens (tertiary/aromatic N) is 2. The van der Waals surface area contributed by atoms with Crippen LogP contribution >= 0.6 is 11.6 Å². The molecule has 1 heterocycles. The minimum absolute atomic E-state index is 0.145. The van der Waals surface area contributed by atoms with Crippen LogP contribution in [-0.2, 0) is 14.8 Å². The molecule has 3 rings (SSSR count). The van der Waals surface area contributed by atoms with Gasteiger partial charge in [-0.05, 0) is 48.5 Å². The molecule has 10 heteroatoms. The lowest BCUT2D eigenvalue weighted by molar-refractivity contribution is -0.117. The van der Waals surface area contributed by atoms with Gasteiger partial charge in [0.2, 0.25) is 21.8 Å². The highest BCUT2D eigenvalue weighted by Gasteiger charge is 2.29. The van der Waals surface area contributed by atoms with E-state index in [0.717, 1.165) is 0 Å². The number of benzene rings is 2. The summed E-state index contributed by atoms with van der Waals surface area (Å²) in [6.45, 7) is 1.63. The summed E-state index contributed by atoms with van der Waals surface area (Å²) >= 11 is 5.82. The molecule has 2 aromatic rings. The summed E-state index contributed by atoms with van der Waals surface area (Å²) in [5, 5.41) is 3.23. The molecule has 0 aliphatic carbocycles. The third-order valence-corrected chi connectivity index (χ3v) is 6.77. The number of primary amides is 1. The number of rotatable bonds is 6. The lowest BCUT2D eigenvalue weighted by Crippen LogP contribution is -2.50. The van der Waals surface area contributed by atoms with Crippen molar-refractivity contribution in [3.63, 3.8) is 0 Å². The van der Waals surface area contributed by atoms with Crippen LogP contribution in [0.3, 0.4) is 0 Å². The van der Waals surface area contributed by atoms with Crippen LogP contribution in [0.5, 0.6) is 0 Å². The van der Waals surface area contributed by atoms with E-state index in [4.69, 9.17) is 17.3 Å². The largest absolute Gasteiger partial charge is 0.366 e. The van der Waals surface area contributed by atoms with Crippen molar-refractivity contribution in [3.05, 3.63) is 59.1 Å². The van der Waals surface area contributed by atoms with Crippen molar-refractivity contribution in [2.24, 2.45) is 5.73 Å². The fourth-order valence-electron chi connectivity index (χ4n) is 3.01. The van der Waals surface area contributed by atoms with Crippen LogP contribution in [0.2, 0.25) is 5.02 Å².